The van der Waals surface area contributed by atoms with E-state index in [1.54, 1.807) is 24.3 Å². The van der Waals surface area contributed by atoms with Crippen molar-refractivity contribution in [3.8, 4) is 5.75 Å². The minimum Gasteiger partial charge on any atom is -0.497 e. The monoisotopic (exact) mass is 312 g/mol. The molecule has 19 heavy (non-hydrogen) atoms. The van der Waals surface area contributed by atoms with Crippen molar-refractivity contribution in [1.29, 1.82) is 0 Å². The van der Waals surface area contributed by atoms with Crippen LogP contribution in [0, 0.1) is 5.92 Å². The lowest BCUT2D eigenvalue weighted by Crippen LogP contribution is -2.30. The Hall–Kier alpha value is -0.880. The van der Waals surface area contributed by atoms with Gasteiger partial charge >= 0.3 is 6.18 Å². The van der Waals surface area contributed by atoms with E-state index in [4.69, 9.17) is 16.3 Å². The quantitative estimate of drug-likeness (QED) is 0.746. The minimum absolute atomic E-state index is 0.376. The zero-order chi connectivity index (χ0) is 14.5. The van der Waals surface area contributed by atoms with Crippen molar-refractivity contribution in [2.45, 2.75) is 11.9 Å². The van der Waals surface area contributed by atoms with Gasteiger partial charge in [-0.25, -0.2) is 0 Å². The highest BCUT2D eigenvalue weighted by Gasteiger charge is 2.43. The van der Waals surface area contributed by atoms with Crippen LogP contribution in [0.1, 0.15) is 5.56 Å². The number of hydrogen-bond donors (Lipinski definition) is 0. The van der Waals surface area contributed by atoms with Gasteiger partial charge in [0, 0.05) is 11.5 Å². The van der Waals surface area contributed by atoms with Crippen LogP contribution in [0.25, 0.3) is 0 Å². The van der Waals surface area contributed by atoms with Gasteiger partial charge in [-0.2, -0.15) is 24.9 Å². The van der Waals surface area contributed by atoms with E-state index in [1.807, 2.05) is 0 Å². The van der Waals surface area contributed by atoms with Crippen molar-refractivity contribution in [2.24, 2.45) is 5.92 Å². The maximum Gasteiger partial charge on any atom is 0.400 e. The maximum atomic E-state index is 12.5. The number of halogens is 4. The summed E-state index contributed by atoms with van der Waals surface area (Å²) in [5.74, 6) is -1.44. The van der Waals surface area contributed by atoms with Crippen LogP contribution in [0.3, 0.4) is 0 Å². The molecule has 2 nitrogen and oxygen atoms in total. The highest BCUT2D eigenvalue weighted by molar-refractivity contribution is 7.98. The predicted octanol–water partition coefficient (Wildman–Crippen LogP) is 3.87. The molecular formula is C12H12ClF3O2S. The molecule has 1 aromatic rings. The molecule has 0 spiro atoms. The third kappa shape index (κ3) is 5.32. The second kappa shape index (κ2) is 7.05. The largest absolute Gasteiger partial charge is 0.497 e. The molecule has 0 aliphatic carbocycles. The van der Waals surface area contributed by atoms with Gasteiger partial charge in [-0.05, 0) is 29.3 Å². The van der Waals surface area contributed by atoms with Crippen LogP contribution >= 0.6 is 23.4 Å². The number of carbonyl (C=O) groups excluding carboxylic acids is 1. The summed E-state index contributed by atoms with van der Waals surface area (Å²) in [6, 6.07) is 6.97. The molecule has 1 rings (SSSR count). The Kier molecular flexibility index (Phi) is 6.00. The van der Waals surface area contributed by atoms with Gasteiger partial charge < -0.3 is 4.74 Å². The van der Waals surface area contributed by atoms with E-state index >= 15 is 0 Å². The van der Waals surface area contributed by atoms with Gasteiger partial charge in [-0.15, -0.1) is 0 Å². The molecule has 0 aromatic heterocycles. The first-order valence-corrected chi connectivity index (χ1v) is 6.84. The highest BCUT2D eigenvalue weighted by Crippen LogP contribution is 2.31. The number of benzene rings is 1. The van der Waals surface area contributed by atoms with E-state index in [9.17, 15) is 18.0 Å². The number of ether oxygens (including phenoxy) is 1. The summed E-state index contributed by atoms with van der Waals surface area (Å²) in [5, 5.41) is -1.37. The molecule has 0 heterocycles. The summed E-state index contributed by atoms with van der Waals surface area (Å²) >= 11 is 5.98. The molecule has 0 fully saturated rings. The summed E-state index contributed by atoms with van der Waals surface area (Å²) in [4.78, 5) is 10.7. The molecule has 0 aliphatic heterocycles. The Morgan fingerprint density at radius 1 is 1.37 bits per heavy atom. The number of rotatable bonds is 6. The molecule has 0 amide bonds. The van der Waals surface area contributed by atoms with Crippen LogP contribution in [-0.4, -0.2) is 24.3 Å². The van der Waals surface area contributed by atoms with Crippen molar-refractivity contribution in [3.05, 3.63) is 29.8 Å². The molecule has 1 atom stereocenters. The predicted molar refractivity (Wildman–Crippen MR) is 69.6 cm³/mol. The SMILES string of the molecule is COc1ccc(CSCC(C(=O)Cl)C(F)(F)F)cc1. The van der Waals surface area contributed by atoms with E-state index < -0.39 is 17.3 Å². The van der Waals surface area contributed by atoms with E-state index in [0.717, 1.165) is 17.3 Å². The van der Waals surface area contributed by atoms with Crippen molar-refractivity contribution in [1.82, 2.24) is 0 Å². The molecule has 0 N–H and O–H groups in total. The molecule has 0 saturated heterocycles. The lowest BCUT2D eigenvalue weighted by atomic mass is 10.2. The number of thioether (sulfide) groups is 1. The molecular weight excluding hydrogens is 301 g/mol. The van der Waals surface area contributed by atoms with Crippen LogP contribution in [0.15, 0.2) is 24.3 Å². The second-order valence-corrected chi connectivity index (χ2v) is 5.16. The van der Waals surface area contributed by atoms with Crippen LogP contribution in [0.5, 0.6) is 5.75 Å². The van der Waals surface area contributed by atoms with Gasteiger partial charge in [0.05, 0.1) is 7.11 Å². The van der Waals surface area contributed by atoms with Gasteiger partial charge in [-0.3, -0.25) is 4.79 Å². The van der Waals surface area contributed by atoms with Crippen molar-refractivity contribution in [3.63, 3.8) is 0 Å². The van der Waals surface area contributed by atoms with Crippen molar-refractivity contribution < 1.29 is 22.7 Å². The van der Waals surface area contributed by atoms with Crippen LogP contribution < -0.4 is 4.74 Å². The number of alkyl halides is 3. The van der Waals surface area contributed by atoms with Gasteiger partial charge in [0.15, 0.2) is 0 Å². The van der Waals surface area contributed by atoms with E-state index in [1.165, 1.54) is 7.11 Å². The Bertz CT molecular complexity index is 420. The van der Waals surface area contributed by atoms with Gasteiger partial charge in [-0.1, -0.05) is 12.1 Å². The standard InChI is InChI=1S/C12H12ClF3O2S/c1-18-9-4-2-8(3-5-9)6-19-7-10(11(13)17)12(14,15)16/h2-5,10H,6-7H2,1H3. The van der Waals surface area contributed by atoms with Gasteiger partial charge in [0.1, 0.15) is 11.7 Å². The molecule has 1 aromatic carbocycles. The third-order valence-electron chi connectivity index (χ3n) is 2.38. The van der Waals surface area contributed by atoms with E-state index in [0.29, 0.717) is 11.5 Å². The van der Waals surface area contributed by atoms with Crippen LogP contribution in [0.2, 0.25) is 0 Å². The number of hydrogen-bond acceptors (Lipinski definition) is 3. The van der Waals surface area contributed by atoms with Gasteiger partial charge in [0.2, 0.25) is 5.24 Å². The molecule has 0 saturated carbocycles. The van der Waals surface area contributed by atoms with Crippen LogP contribution in [0.4, 0.5) is 13.2 Å². The molecule has 1 unspecified atom stereocenters. The number of carbonyl (C=O) groups is 1. The third-order valence-corrected chi connectivity index (χ3v) is 3.75. The second-order valence-electron chi connectivity index (χ2n) is 3.76. The maximum absolute atomic E-state index is 12.5. The first-order valence-electron chi connectivity index (χ1n) is 5.31. The van der Waals surface area contributed by atoms with Gasteiger partial charge in [0.25, 0.3) is 0 Å². The lowest BCUT2D eigenvalue weighted by Gasteiger charge is -2.15. The Balaban J connectivity index is 2.50. The lowest BCUT2D eigenvalue weighted by molar-refractivity contribution is -0.171. The van der Waals surface area contributed by atoms with Crippen LogP contribution in [-0.2, 0) is 10.5 Å². The Morgan fingerprint density at radius 3 is 2.37 bits per heavy atom. The molecule has 7 heteroatoms. The average molecular weight is 313 g/mol. The zero-order valence-electron chi connectivity index (χ0n) is 10.0. The molecule has 0 bridgehead atoms. The fourth-order valence-electron chi connectivity index (χ4n) is 1.31. The summed E-state index contributed by atoms with van der Waals surface area (Å²) < 4.78 is 42.4. The fourth-order valence-corrected chi connectivity index (χ4v) is 2.72. The Morgan fingerprint density at radius 2 is 1.95 bits per heavy atom. The van der Waals surface area contributed by atoms with E-state index in [2.05, 4.69) is 0 Å². The smallest absolute Gasteiger partial charge is 0.400 e. The Labute approximate surface area is 118 Å². The summed E-state index contributed by atoms with van der Waals surface area (Å²) in [6.07, 6.45) is -4.59. The zero-order valence-corrected chi connectivity index (χ0v) is 11.6. The van der Waals surface area contributed by atoms with Crippen molar-refractivity contribution in [2.75, 3.05) is 12.9 Å². The minimum atomic E-state index is -4.59. The first kappa shape index (κ1) is 16.2. The molecule has 0 radical (unpaired) electrons. The molecule has 106 valence electrons. The van der Waals surface area contributed by atoms with E-state index in [-0.39, 0.29) is 5.75 Å². The first-order chi connectivity index (χ1) is 8.84. The summed E-state index contributed by atoms with van der Waals surface area (Å²) in [6.45, 7) is 0. The topological polar surface area (TPSA) is 26.3 Å². The molecule has 0 aliphatic rings. The highest BCUT2D eigenvalue weighted by atomic mass is 35.5. The summed E-state index contributed by atoms with van der Waals surface area (Å²) in [7, 11) is 1.53. The normalized spacial score (nSPS) is 13.1. The van der Waals surface area contributed by atoms with Crippen molar-refractivity contribution >= 4 is 28.6 Å². The fraction of sp³-hybridized carbons (Fsp3) is 0.417. The average Bonchev–Trinajstić information content (AvgIpc) is 2.33. The summed E-state index contributed by atoms with van der Waals surface area (Å²) in [5.41, 5.74) is 0.855. The number of methoxy groups -OCH3 is 1.